The fourth-order valence-corrected chi connectivity index (χ4v) is 5.08. The van der Waals surface area contributed by atoms with Crippen LogP contribution in [0.5, 0.6) is 0 Å². The van der Waals surface area contributed by atoms with Crippen LogP contribution in [0.25, 0.3) is 33.3 Å². The van der Waals surface area contributed by atoms with Crippen LogP contribution in [-0.4, -0.2) is 39.2 Å². The molecule has 7 nitrogen and oxygen atoms in total. The van der Waals surface area contributed by atoms with Crippen LogP contribution in [-0.2, 0) is 11.3 Å². The van der Waals surface area contributed by atoms with Crippen molar-refractivity contribution in [2.75, 3.05) is 18.8 Å². The predicted molar refractivity (Wildman–Crippen MR) is 150 cm³/mol. The summed E-state index contributed by atoms with van der Waals surface area (Å²) in [5, 5.41) is 10.4. The molecule has 0 unspecified atom stereocenters. The lowest BCUT2D eigenvalue weighted by molar-refractivity contribution is 0.0178. The van der Waals surface area contributed by atoms with E-state index in [-0.39, 0.29) is 6.09 Å². The van der Waals surface area contributed by atoms with E-state index in [1.807, 2.05) is 80.4 Å². The van der Waals surface area contributed by atoms with E-state index < -0.39 is 5.60 Å². The van der Waals surface area contributed by atoms with Crippen LogP contribution in [0.2, 0.25) is 0 Å². The van der Waals surface area contributed by atoms with E-state index in [2.05, 4.69) is 22.9 Å². The summed E-state index contributed by atoms with van der Waals surface area (Å²) in [6, 6.07) is 19.8. The van der Waals surface area contributed by atoms with Gasteiger partial charge in [-0.05, 0) is 75.4 Å². The van der Waals surface area contributed by atoms with Crippen molar-refractivity contribution in [1.29, 1.82) is 5.26 Å². The third-order valence-electron chi connectivity index (χ3n) is 7.04. The van der Waals surface area contributed by atoms with E-state index in [0.29, 0.717) is 30.3 Å². The maximum Gasteiger partial charge on any atom is 0.410 e. The number of nitrogen functional groups attached to an aromatic ring is 1. The molecular formula is C31H33N5O2. The van der Waals surface area contributed by atoms with Crippen molar-refractivity contribution in [3.8, 4) is 28.5 Å². The smallest absolute Gasteiger partial charge is 0.410 e. The number of pyridine rings is 1. The number of piperidine rings is 1. The second-order valence-electron chi connectivity index (χ2n) is 11.0. The maximum atomic E-state index is 12.5. The number of nitriles is 1. The Bertz CT molecular complexity index is 1480. The first-order valence-corrected chi connectivity index (χ1v) is 13.0. The van der Waals surface area contributed by atoms with Gasteiger partial charge in [0.25, 0.3) is 0 Å². The Balaban J connectivity index is 1.44. The highest BCUT2D eigenvalue weighted by molar-refractivity contribution is 6.01. The van der Waals surface area contributed by atoms with Gasteiger partial charge >= 0.3 is 6.09 Å². The second kappa shape index (κ2) is 10.2. The molecule has 2 aromatic heterocycles. The van der Waals surface area contributed by atoms with Gasteiger partial charge in [-0.25, -0.2) is 4.79 Å². The minimum atomic E-state index is -0.483. The molecule has 1 fully saturated rings. The Hall–Kier alpha value is -4.31. The van der Waals surface area contributed by atoms with Gasteiger partial charge in [-0.2, -0.15) is 5.26 Å². The van der Waals surface area contributed by atoms with Crippen molar-refractivity contribution >= 4 is 22.7 Å². The zero-order valence-corrected chi connectivity index (χ0v) is 22.1. The SMILES string of the molecule is CC(C)(C)OC(=O)N1CCC(Cn2ccc3c(-c4ccc(C#N)cc4)c(-c4ccc(N)cc4)ncc32)CC1. The van der Waals surface area contributed by atoms with Gasteiger partial charge in [-0.1, -0.05) is 24.3 Å². The molecule has 0 spiro atoms. The Morgan fingerprint density at radius 3 is 2.34 bits per heavy atom. The summed E-state index contributed by atoms with van der Waals surface area (Å²) in [5.41, 5.74) is 11.8. The van der Waals surface area contributed by atoms with Gasteiger partial charge in [0.1, 0.15) is 5.60 Å². The summed E-state index contributed by atoms with van der Waals surface area (Å²) in [5.74, 6) is 0.458. The van der Waals surface area contributed by atoms with E-state index in [0.717, 1.165) is 52.7 Å². The monoisotopic (exact) mass is 507 g/mol. The molecule has 1 saturated heterocycles. The van der Waals surface area contributed by atoms with Crippen molar-refractivity contribution in [1.82, 2.24) is 14.5 Å². The summed E-state index contributed by atoms with van der Waals surface area (Å²) in [4.78, 5) is 19.2. The molecule has 0 bridgehead atoms. The number of carbonyl (C=O) groups excluding carboxylic acids is 1. The fraction of sp³-hybridized carbons (Fsp3) is 0.323. The number of amides is 1. The lowest BCUT2D eigenvalue weighted by atomic mass is 9.95. The molecule has 38 heavy (non-hydrogen) atoms. The average Bonchev–Trinajstić information content (AvgIpc) is 3.31. The number of benzene rings is 2. The quantitative estimate of drug-likeness (QED) is 0.319. The van der Waals surface area contributed by atoms with E-state index in [1.54, 1.807) is 0 Å². The highest BCUT2D eigenvalue weighted by atomic mass is 16.6. The molecule has 1 aliphatic rings. The first-order chi connectivity index (χ1) is 18.2. The number of fused-ring (bicyclic) bond motifs is 1. The zero-order valence-electron chi connectivity index (χ0n) is 22.1. The lowest BCUT2D eigenvalue weighted by Crippen LogP contribution is -2.42. The number of anilines is 1. The number of hydrogen-bond donors (Lipinski definition) is 1. The molecule has 194 valence electrons. The van der Waals surface area contributed by atoms with Gasteiger partial charge in [0.2, 0.25) is 0 Å². The van der Waals surface area contributed by atoms with Gasteiger partial charge in [0, 0.05) is 48.0 Å². The number of hydrogen-bond acceptors (Lipinski definition) is 5. The maximum absolute atomic E-state index is 12.5. The standard InChI is InChI=1S/C31H33N5O2/c1-31(2,3)38-30(37)35-15-12-22(13-16-35)20-36-17-14-26-27(36)19-34-29(24-8-10-25(33)11-9-24)28(26)23-6-4-21(18-32)5-7-23/h4-11,14,17,19,22H,12-13,15-16,20,33H2,1-3H3. The van der Waals surface area contributed by atoms with Crippen LogP contribution in [0.15, 0.2) is 67.0 Å². The largest absolute Gasteiger partial charge is 0.444 e. The number of nitrogens with two attached hydrogens (primary N) is 1. The Labute approximate surface area is 223 Å². The fourth-order valence-electron chi connectivity index (χ4n) is 5.08. The third-order valence-corrected chi connectivity index (χ3v) is 7.04. The first kappa shape index (κ1) is 25.3. The van der Waals surface area contributed by atoms with Crippen molar-refractivity contribution < 1.29 is 9.53 Å². The number of carbonyl (C=O) groups is 1. The Morgan fingerprint density at radius 2 is 1.71 bits per heavy atom. The molecule has 2 N–H and O–H groups in total. The molecule has 1 amide bonds. The molecule has 3 heterocycles. The number of rotatable bonds is 4. The molecule has 0 aliphatic carbocycles. The highest BCUT2D eigenvalue weighted by Gasteiger charge is 2.27. The number of likely N-dealkylation sites (tertiary alicyclic amines) is 1. The van der Waals surface area contributed by atoms with Crippen molar-refractivity contribution in [2.45, 2.75) is 45.8 Å². The summed E-state index contributed by atoms with van der Waals surface area (Å²) < 4.78 is 7.82. The minimum Gasteiger partial charge on any atom is -0.444 e. The van der Waals surface area contributed by atoms with E-state index >= 15 is 0 Å². The summed E-state index contributed by atoms with van der Waals surface area (Å²) in [6.45, 7) is 7.96. The second-order valence-corrected chi connectivity index (χ2v) is 11.0. The highest BCUT2D eigenvalue weighted by Crippen LogP contribution is 2.38. The van der Waals surface area contributed by atoms with Crippen molar-refractivity contribution in [2.24, 2.45) is 5.92 Å². The van der Waals surface area contributed by atoms with Crippen LogP contribution in [0, 0.1) is 17.2 Å². The summed E-state index contributed by atoms with van der Waals surface area (Å²) >= 11 is 0. The van der Waals surface area contributed by atoms with Gasteiger partial charge in [-0.15, -0.1) is 0 Å². The minimum absolute atomic E-state index is 0.228. The lowest BCUT2D eigenvalue weighted by Gasteiger charge is -2.33. The van der Waals surface area contributed by atoms with E-state index in [9.17, 15) is 10.1 Å². The number of nitrogens with zero attached hydrogens (tertiary/aromatic N) is 4. The summed E-state index contributed by atoms with van der Waals surface area (Å²) in [7, 11) is 0. The topological polar surface area (TPSA) is 97.2 Å². The van der Waals surface area contributed by atoms with Crippen molar-refractivity contribution in [3.63, 3.8) is 0 Å². The van der Waals surface area contributed by atoms with Crippen LogP contribution >= 0.6 is 0 Å². The van der Waals surface area contributed by atoms with Gasteiger partial charge in [0.05, 0.1) is 29.0 Å². The van der Waals surface area contributed by atoms with Gasteiger partial charge in [-0.3, -0.25) is 4.98 Å². The summed E-state index contributed by atoms with van der Waals surface area (Å²) in [6.07, 6.45) is 5.71. The average molecular weight is 508 g/mol. The molecular weight excluding hydrogens is 474 g/mol. The molecule has 7 heteroatoms. The first-order valence-electron chi connectivity index (χ1n) is 13.0. The van der Waals surface area contributed by atoms with E-state index in [4.69, 9.17) is 15.5 Å². The van der Waals surface area contributed by atoms with Crippen LogP contribution in [0.3, 0.4) is 0 Å². The predicted octanol–water partition coefficient (Wildman–Crippen LogP) is 6.47. The zero-order chi connectivity index (χ0) is 26.9. The van der Waals surface area contributed by atoms with Crippen molar-refractivity contribution in [3.05, 3.63) is 72.6 Å². The van der Waals surface area contributed by atoms with Crippen LogP contribution in [0.4, 0.5) is 10.5 Å². The molecule has 1 aliphatic heterocycles. The van der Waals surface area contributed by atoms with Gasteiger partial charge < -0.3 is 19.9 Å². The molecule has 0 saturated carbocycles. The Morgan fingerprint density at radius 1 is 1.05 bits per heavy atom. The Kier molecular flexibility index (Phi) is 6.81. The normalized spacial score (nSPS) is 14.4. The van der Waals surface area contributed by atoms with E-state index in [1.165, 1.54) is 0 Å². The molecule has 4 aromatic rings. The molecule has 2 aromatic carbocycles. The number of aromatic nitrogens is 2. The molecule has 0 radical (unpaired) electrons. The molecule has 5 rings (SSSR count). The van der Waals surface area contributed by atoms with Crippen LogP contribution in [0.1, 0.15) is 39.2 Å². The molecule has 0 atom stereocenters. The van der Waals surface area contributed by atoms with Crippen LogP contribution < -0.4 is 5.73 Å². The third kappa shape index (κ3) is 5.35. The number of ether oxygens (including phenoxy) is 1. The van der Waals surface area contributed by atoms with Gasteiger partial charge in [0.15, 0.2) is 0 Å².